The van der Waals surface area contributed by atoms with Crippen LogP contribution in [0.2, 0.25) is 0 Å². The molecular weight excluding hydrogens is 250 g/mol. The van der Waals surface area contributed by atoms with Gasteiger partial charge in [0, 0.05) is 32.4 Å². The topological polar surface area (TPSA) is 60.0 Å². The van der Waals surface area contributed by atoms with E-state index < -0.39 is 0 Å². The summed E-state index contributed by atoms with van der Waals surface area (Å²) in [6, 6.07) is 2.40. The number of hydrogen-bond donors (Lipinski definition) is 1. The zero-order valence-electron chi connectivity index (χ0n) is 12.3. The summed E-state index contributed by atoms with van der Waals surface area (Å²) in [5, 5.41) is 0. The molecule has 1 aliphatic rings. The van der Waals surface area contributed by atoms with Crippen molar-refractivity contribution in [3.63, 3.8) is 0 Å². The number of piperidine rings is 1. The second kappa shape index (κ2) is 5.40. The third-order valence-electron chi connectivity index (χ3n) is 4.57. The normalized spacial score (nSPS) is 23.4. The number of hydrogen-bond acceptors (Lipinski definition) is 4. The van der Waals surface area contributed by atoms with Gasteiger partial charge in [0.15, 0.2) is 5.82 Å². The quantitative estimate of drug-likeness (QED) is 0.928. The van der Waals surface area contributed by atoms with Crippen molar-refractivity contribution in [2.24, 2.45) is 18.7 Å². The monoisotopic (exact) mass is 273 g/mol. The Morgan fingerprint density at radius 3 is 3.00 bits per heavy atom. The lowest BCUT2D eigenvalue weighted by Gasteiger charge is -2.39. The predicted octanol–water partition coefficient (Wildman–Crippen LogP) is 1.92. The first-order valence-electron chi connectivity index (χ1n) is 7.47. The molecule has 0 bridgehead atoms. The summed E-state index contributed by atoms with van der Waals surface area (Å²) in [5.74, 6) is 1.79. The molecule has 0 amide bonds. The minimum absolute atomic E-state index is 0.383. The van der Waals surface area contributed by atoms with Crippen LogP contribution in [0, 0.1) is 5.92 Å². The van der Waals surface area contributed by atoms with E-state index in [-0.39, 0.29) is 0 Å². The fourth-order valence-electron chi connectivity index (χ4n) is 3.27. The largest absolute Gasteiger partial charge is 0.350 e. The number of nitrogens with zero attached hydrogens (tertiary/aromatic N) is 4. The minimum Gasteiger partial charge on any atom is -0.350 e. The molecule has 0 aromatic carbocycles. The highest BCUT2D eigenvalue weighted by Gasteiger charge is 2.29. The summed E-state index contributed by atoms with van der Waals surface area (Å²) in [6.07, 6.45) is 7.35. The van der Waals surface area contributed by atoms with Gasteiger partial charge in [-0.2, -0.15) is 0 Å². The summed E-state index contributed by atoms with van der Waals surface area (Å²) in [7, 11) is 2.02. The van der Waals surface area contributed by atoms with Crippen LogP contribution in [0.3, 0.4) is 0 Å². The average molecular weight is 273 g/mol. The van der Waals surface area contributed by atoms with Crippen LogP contribution in [0.1, 0.15) is 26.2 Å². The van der Waals surface area contributed by atoms with E-state index in [4.69, 9.17) is 5.73 Å². The SMILES string of the molecule is CCC1CCN(c2nccc3c2ncn3C)C(CN)C1. The van der Waals surface area contributed by atoms with Gasteiger partial charge in [0.25, 0.3) is 0 Å². The number of fused-ring (bicyclic) bond motifs is 1. The second-order valence-corrected chi connectivity index (χ2v) is 5.74. The maximum absolute atomic E-state index is 6.00. The Morgan fingerprint density at radius 1 is 1.40 bits per heavy atom. The summed E-state index contributed by atoms with van der Waals surface area (Å²) < 4.78 is 2.04. The molecule has 108 valence electrons. The molecule has 0 saturated carbocycles. The highest BCUT2D eigenvalue weighted by molar-refractivity contribution is 5.86. The molecule has 5 nitrogen and oxygen atoms in total. The molecule has 20 heavy (non-hydrogen) atoms. The van der Waals surface area contributed by atoms with Crippen LogP contribution in [-0.2, 0) is 7.05 Å². The van der Waals surface area contributed by atoms with Crippen molar-refractivity contribution in [2.45, 2.75) is 32.2 Å². The number of anilines is 1. The van der Waals surface area contributed by atoms with Crippen molar-refractivity contribution in [3.8, 4) is 0 Å². The smallest absolute Gasteiger partial charge is 0.157 e. The Balaban J connectivity index is 1.97. The van der Waals surface area contributed by atoms with E-state index in [0.717, 1.165) is 35.7 Å². The van der Waals surface area contributed by atoms with Crippen LogP contribution in [-0.4, -0.2) is 33.7 Å². The fourth-order valence-corrected chi connectivity index (χ4v) is 3.27. The van der Waals surface area contributed by atoms with Gasteiger partial charge in [0.2, 0.25) is 0 Å². The van der Waals surface area contributed by atoms with E-state index in [1.807, 2.05) is 30.2 Å². The number of pyridine rings is 1. The van der Waals surface area contributed by atoms with E-state index in [9.17, 15) is 0 Å². The van der Waals surface area contributed by atoms with Crippen molar-refractivity contribution in [3.05, 3.63) is 18.6 Å². The lowest BCUT2D eigenvalue weighted by Crippen LogP contribution is -2.47. The molecule has 0 radical (unpaired) electrons. The van der Waals surface area contributed by atoms with Gasteiger partial charge >= 0.3 is 0 Å². The Morgan fingerprint density at radius 2 is 2.25 bits per heavy atom. The molecule has 2 unspecified atom stereocenters. The number of imidazole rings is 1. The van der Waals surface area contributed by atoms with E-state index in [2.05, 4.69) is 21.8 Å². The molecule has 5 heteroatoms. The van der Waals surface area contributed by atoms with Crippen LogP contribution in [0.4, 0.5) is 5.82 Å². The molecule has 3 heterocycles. The highest BCUT2D eigenvalue weighted by Crippen LogP contribution is 2.31. The molecule has 0 aliphatic carbocycles. The van der Waals surface area contributed by atoms with Gasteiger partial charge in [0.1, 0.15) is 5.52 Å². The Hall–Kier alpha value is -1.62. The third kappa shape index (κ3) is 2.16. The van der Waals surface area contributed by atoms with Crippen molar-refractivity contribution in [1.82, 2.24) is 14.5 Å². The molecule has 1 aliphatic heterocycles. The summed E-state index contributed by atoms with van der Waals surface area (Å²) in [5.41, 5.74) is 8.12. The second-order valence-electron chi connectivity index (χ2n) is 5.74. The maximum Gasteiger partial charge on any atom is 0.157 e. The first-order chi connectivity index (χ1) is 9.74. The van der Waals surface area contributed by atoms with Gasteiger partial charge in [0.05, 0.1) is 11.8 Å². The maximum atomic E-state index is 6.00. The summed E-state index contributed by atoms with van der Waals surface area (Å²) in [4.78, 5) is 11.5. The summed E-state index contributed by atoms with van der Waals surface area (Å²) >= 11 is 0. The molecule has 3 rings (SSSR count). The van der Waals surface area contributed by atoms with Crippen molar-refractivity contribution >= 4 is 16.9 Å². The predicted molar refractivity (Wildman–Crippen MR) is 81.7 cm³/mol. The van der Waals surface area contributed by atoms with Gasteiger partial charge in [-0.3, -0.25) is 0 Å². The molecule has 2 aromatic heterocycles. The van der Waals surface area contributed by atoms with Crippen LogP contribution in [0.15, 0.2) is 18.6 Å². The highest BCUT2D eigenvalue weighted by atomic mass is 15.2. The Kier molecular flexibility index (Phi) is 3.61. The van der Waals surface area contributed by atoms with Gasteiger partial charge < -0.3 is 15.2 Å². The number of aromatic nitrogens is 3. The molecule has 2 aromatic rings. The van der Waals surface area contributed by atoms with Gasteiger partial charge in [-0.25, -0.2) is 9.97 Å². The van der Waals surface area contributed by atoms with E-state index >= 15 is 0 Å². The van der Waals surface area contributed by atoms with Gasteiger partial charge in [-0.05, 0) is 24.8 Å². The van der Waals surface area contributed by atoms with Crippen LogP contribution < -0.4 is 10.6 Å². The van der Waals surface area contributed by atoms with E-state index in [1.54, 1.807) is 0 Å². The first kappa shape index (κ1) is 13.4. The van der Waals surface area contributed by atoms with Crippen LogP contribution in [0.5, 0.6) is 0 Å². The average Bonchev–Trinajstić information content (AvgIpc) is 2.88. The molecule has 0 spiro atoms. The number of nitrogens with two attached hydrogens (primary N) is 1. The van der Waals surface area contributed by atoms with Crippen molar-refractivity contribution < 1.29 is 0 Å². The zero-order chi connectivity index (χ0) is 14.1. The van der Waals surface area contributed by atoms with E-state index in [0.29, 0.717) is 12.6 Å². The number of aryl methyl sites for hydroxylation is 1. The lowest BCUT2D eigenvalue weighted by molar-refractivity contribution is 0.335. The van der Waals surface area contributed by atoms with Crippen LogP contribution in [0.25, 0.3) is 11.0 Å². The Labute approximate surface area is 119 Å². The zero-order valence-corrected chi connectivity index (χ0v) is 12.3. The fraction of sp³-hybridized carbons (Fsp3) is 0.600. The number of rotatable bonds is 3. The Bertz CT molecular complexity index is 591. The van der Waals surface area contributed by atoms with E-state index in [1.165, 1.54) is 12.8 Å². The minimum atomic E-state index is 0.383. The first-order valence-corrected chi connectivity index (χ1v) is 7.47. The lowest BCUT2D eigenvalue weighted by atomic mass is 9.89. The van der Waals surface area contributed by atoms with Gasteiger partial charge in [-0.15, -0.1) is 0 Å². The van der Waals surface area contributed by atoms with Crippen LogP contribution >= 0.6 is 0 Å². The molecule has 2 atom stereocenters. The molecule has 2 N–H and O–H groups in total. The molecule has 1 fully saturated rings. The molecular formula is C15H23N5. The summed E-state index contributed by atoms with van der Waals surface area (Å²) in [6.45, 7) is 3.98. The van der Waals surface area contributed by atoms with Crippen molar-refractivity contribution in [2.75, 3.05) is 18.0 Å². The third-order valence-corrected chi connectivity index (χ3v) is 4.57. The standard InChI is InChI=1S/C15H23N5/c1-3-11-5-7-20(12(8-11)9-16)15-14-13(4-6-17-15)19(2)10-18-14/h4,6,10-12H,3,5,7-9,16H2,1-2H3. The molecule has 1 saturated heterocycles. The van der Waals surface area contributed by atoms with Crippen molar-refractivity contribution in [1.29, 1.82) is 0 Å². The van der Waals surface area contributed by atoms with Gasteiger partial charge in [-0.1, -0.05) is 13.3 Å².